The number of nitrogens with zero attached hydrogens (tertiary/aromatic N) is 2. The number of nitro benzene ring substituents is 1. The van der Waals surface area contributed by atoms with Gasteiger partial charge in [-0.25, -0.2) is 8.42 Å². The number of furan rings is 1. The summed E-state index contributed by atoms with van der Waals surface area (Å²) < 4.78 is 32.4. The van der Waals surface area contributed by atoms with Gasteiger partial charge in [-0.3, -0.25) is 10.1 Å². The Morgan fingerprint density at radius 3 is 2.50 bits per heavy atom. The Hall–Kier alpha value is -2.49. The van der Waals surface area contributed by atoms with Crippen LogP contribution >= 0.6 is 11.3 Å². The van der Waals surface area contributed by atoms with E-state index in [-0.39, 0.29) is 17.1 Å². The Morgan fingerprint density at radius 2 is 1.92 bits per heavy atom. The third kappa shape index (κ3) is 4.18. The van der Waals surface area contributed by atoms with Gasteiger partial charge < -0.3 is 4.42 Å². The molecule has 3 rings (SSSR count). The predicted molar refractivity (Wildman–Crippen MR) is 97.4 cm³/mol. The second-order valence-electron chi connectivity index (χ2n) is 5.55. The first kappa shape index (κ1) is 18.3. The Balaban J connectivity index is 1.86. The second kappa shape index (κ2) is 7.81. The molecular weight excluding hydrogens is 376 g/mol. The Labute approximate surface area is 154 Å². The average molecular weight is 392 g/mol. The molecule has 7 nitrogen and oxygen atoms in total. The number of benzene rings is 1. The van der Waals surface area contributed by atoms with Crippen LogP contribution in [0.2, 0.25) is 0 Å². The summed E-state index contributed by atoms with van der Waals surface area (Å²) in [6.45, 7) is 0.464. The zero-order valence-electron chi connectivity index (χ0n) is 13.6. The molecule has 0 bridgehead atoms. The largest absolute Gasteiger partial charge is 0.472 e. The highest BCUT2D eigenvalue weighted by Crippen LogP contribution is 2.22. The van der Waals surface area contributed by atoms with Crippen molar-refractivity contribution in [3.8, 4) is 0 Å². The van der Waals surface area contributed by atoms with Crippen molar-refractivity contribution in [3.05, 3.63) is 80.9 Å². The molecule has 0 unspecified atom stereocenters. The molecule has 2 aromatic heterocycles. The number of hydrogen-bond donors (Lipinski definition) is 0. The molecule has 0 fully saturated rings. The van der Waals surface area contributed by atoms with E-state index >= 15 is 0 Å². The first-order chi connectivity index (χ1) is 12.5. The van der Waals surface area contributed by atoms with Crippen LogP contribution in [0.15, 0.2) is 69.7 Å². The van der Waals surface area contributed by atoms with E-state index in [2.05, 4.69) is 0 Å². The minimum absolute atomic E-state index is 0.0257. The zero-order valence-corrected chi connectivity index (χ0v) is 15.3. The first-order valence-corrected chi connectivity index (χ1v) is 10.1. The van der Waals surface area contributed by atoms with Gasteiger partial charge in [-0.05, 0) is 36.1 Å². The predicted octanol–water partition coefficient (Wildman–Crippen LogP) is 3.68. The highest BCUT2D eigenvalue weighted by molar-refractivity contribution is 7.89. The number of hydrogen-bond acceptors (Lipinski definition) is 6. The molecule has 1 aromatic carbocycles. The standard InChI is InChI=1S/C17H16N2O5S2/c20-19(21)15-3-5-17(6-4-15)26(22,23)18(12-14-8-10-24-13-14)9-7-16-2-1-11-25-16/h1-6,8,10-11,13H,7,9,12H2. The fourth-order valence-corrected chi connectivity index (χ4v) is 4.58. The summed E-state index contributed by atoms with van der Waals surface area (Å²) in [5, 5.41) is 12.7. The molecular formula is C17H16N2O5S2. The van der Waals surface area contributed by atoms with Crippen LogP contribution in [0.25, 0.3) is 0 Å². The molecule has 26 heavy (non-hydrogen) atoms. The maximum absolute atomic E-state index is 13.0. The summed E-state index contributed by atoms with van der Waals surface area (Å²) in [5.41, 5.74) is 0.589. The molecule has 136 valence electrons. The molecule has 0 radical (unpaired) electrons. The van der Waals surface area contributed by atoms with Crippen LogP contribution in [0, 0.1) is 10.1 Å². The van der Waals surface area contributed by atoms with Crippen LogP contribution < -0.4 is 0 Å². The summed E-state index contributed by atoms with van der Waals surface area (Å²) in [4.78, 5) is 11.3. The van der Waals surface area contributed by atoms with E-state index in [1.54, 1.807) is 17.4 Å². The number of sulfonamides is 1. The summed E-state index contributed by atoms with van der Waals surface area (Å²) in [7, 11) is -3.80. The van der Waals surface area contributed by atoms with Crippen LogP contribution in [0.4, 0.5) is 5.69 Å². The highest BCUT2D eigenvalue weighted by Gasteiger charge is 2.25. The zero-order chi connectivity index (χ0) is 18.6. The second-order valence-corrected chi connectivity index (χ2v) is 8.52. The molecule has 0 saturated heterocycles. The first-order valence-electron chi connectivity index (χ1n) is 7.75. The number of rotatable bonds is 8. The highest BCUT2D eigenvalue weighted by atomic mass is 32.2. The van der Waals surface area contributed by atoms with Crippen LogP contribution in [-0.2, 0) is 23.0 Å². The van der Waals surface area contributed by atoms with E-state index in [1.807, 2.05) is 17.5 Å². The molecule has 0 amide bonds. The van der Waals surface area contributed by atoms with Crippen molar-refractivity contribution >= 4 is 27.0 Å². The van der Waals surface area contributed by atoms with Gasteiger partial charge in [0, 0.05) is 35.7 Å². The molecule has 2 heterocycles. The molecule has 0 atom stereocenters. The van der Waals surface area contributed by atoms with Gasteiger partial charge in [-0.2, -0.15) is 4.31 Å². The van der Waals surface area contributed by atoms with Crippen molar-refractivity contribution in [2.24, 2.45) is 0 Å². The average Bonchev–Trinajstić information content (AvgIpc) is 3.32. The monoisotopic (exact) mass is 392 g/mol. The summed E-state index contributed by atoms with van der Waals surface area (Å²) in [6.07, 6.45) is 3.58. The molecule has 0 aliphatic rings. The molecule has 0 spiro atoms. The lowest BCUT2D eigenvalue weighted by Crippen LogP contribution is -2.32. The third-order valence-electron chi connectivity index (χ3n) is 3.81. The van der Waals surface area contributed by atoms with Gasteiger partial charge in [0.2, 0.25) is 10.0 Å². The molecule has 0 aliphatic heterocycles. The van der Waals surface area contributed by atoms with Crippen molar-refractivity contribution in [3.63, 3.8) is 0 Å². The summed E-state index contributed by atoms with van der Waals surface area (Å²) >= 11 is 1.57. The summed E-state index contributed by atoms with van der Waals surface area (Å²) in [5.74, 6) is 0. The van der Waals surface area contributed by atoms with Crippen molar-refractivity contribution in [2.45, 2.75) is 17.9 Å². The fourth-order valence-electron chi connectivity index (χ4n) is 2.45. The lowest BCUT2D eigenvalue weighted by Gasteiger charge is -2.21. The molecule has 3 aromatic rings. The van der Waals surface area contributed by atoms with E-state index in [1.165, 1.54) is 41.1 Å². The van der Waals surface area contributed by atoms with Gasteiger partial charge >= 0.3 is 0 Å². The molecule has 0 saturated carbocycles. The van der Waals surface area contributed by atoms with Crippen molar-refractivity contribution in [2.75, 3.05) is 6.54 Å². The Kier molecular flexibility index (Phi) is 5.50. The Bertz CT molecular complexity index is 949. The maximum Gasteiger partial charge on any atom is 0.269 e. The van der Waals surface area contributed by atoms with Gasteiger partial charge in [0.25, 0.3) is 5.69 Å². The fraction of sp³-hybridized carbons (Fsp3) is 0.176. The smallest absolute Gasteiger partial charge is 0.269 e. The SMILES string of the molecule is O=[N+]([O-])c1ccc(S(=O)(=O)N(CCc2cccs2)Cc2ccoc2)cc1. The molecule has 0 aliphatic carbocycles. The van der Waals surface area contributed by atoms with Gasteiger partial charge in [0.15, 0.2) is 0 Å². The van der Waals surface area contributed by atoms with Crippen LogP contribution in [0.5, 0.6) is 0 Å². The molecule has 0 N–H and O–H groups in total. The van der Waals surface area contributed by atoms with Gasteiger partial charge in [0.1, 0.15) is 0 Å². The summed E-state index contributed by atoms with van der Waals surface area (Å²) in [6, 6.07) is 10.5. The maximum atomic E-state index is 13.0. The van der Waals surface area contributed by atoms with Crippen molar-refractivity contribution in [1.82, 2.24) is 4.31 Å². The van der Waals surface area contributed by atoms with E-state index in [0.29, 0.717) is 13.0 Å². The Morgan fingerprint density at radius 1 is 1.15 bits per heavy atom. The number of nitro groups is 1. The lowest BCUT2D eigenvalue weighted by molar-refractivity contribution is -0.384. The van der Waals surface area contributed by atoms with Crippen molar-refractivity contribution < 1.29 is 17.8 Å². The van der Waals surface area contributed by atoms with Gasteiger partial charge in [0.05, 0.1) is 22.3 Å². The lowest BCUT2D eigenvalue weighted by atomic mass is 10.3. The van der Waals surface area contributed by atoms with E-state index < -0.39 is 14.9 Å². The van der Waals surface area contributed by atoms with Gasteiger partial charge in [-0.1, -0.05) is 6.07 Å². The normalized spacial score (nSPS) is 11.7. The van der Waals surface area contributed by atoms with E-state index in [0.717, 1.165) is 10.4 Å². The number of non-ortho nitro benzene ring substituents is 1. The van der Waals surface area contributed by atoms with E-state index in [9.17, 15) is 18.5 Å². The molecule has 9 heteroatoms. The topological polar surface area (TPSA) is 93.7 Å². The minimum Gasteiger partial charge on any atom is -0.472 e. The van der Waals surface area contributed by atoms with Crippen LogP contribution in [0.3, 0.4) is 0 Å². The third-order valence-corrected chi connectivity index (χ3v) is 6.61. The minimum atomic E-state index is -3.80. The van der Waals surface area contributed by atoms with Crippen LogP contribution in [-0.4, -0.2) is 24.2 Å². The van der Waals surface area contributed by atoms with E-state index in [4.69, 9.17) is 4.42 Å². The van der Waals surface area contributed by atoms with Gasteiger partial charge in [-0.15, -0.1) is 11.3 Å². The quantitative estimate of drug-likeness (QED) is 0.430. The number of thiophene rings is 1. The van der Waals surface area contributed by atoms with Crippen molar-refractivity contribution in [1.29, 1.82) is 0 Å². The van der Waals surface area contributed by atoms with Crippen LogP contribution in [0.1, 0.15) is 10.4 Å².